The number of amides is 1. The second-order valence-corrected chi connectivity index (χ2v) is 5.05. The molecule has 1 heterocycles. The Morgan fingerprint density at radius 3 is 3.00 bits per heavy atom. The lowest BCUT2D eigenvalue weighted by molar-refractivity contribution is 0.0952. The maximum atomic E-state index is 11.8. The molecule has 0 fully saturated rings. The Balaban J connectivity index is 1.85. The average Bonchev–Trinajstić information content (AvgIpc) is 2.75. The summed E-state index contributed by atoms with van der Waals surface area (Å²) in [5.74, 6) is -0.0753. The lowest BCUT2D eigenvalue weighted by Gasteiger charge is -2.05. The first-order valence-corrected chi connectivity index (χ1v) is 6.55. The molecule has 0 radical (unpaired) electrons. The van der Waals surface area contributed by atoms with Crippen LogP contribution in [0.25, 0.3) is 0 Å². The van der Waals surface area contributed by atoms with Crippen LogP contribution in [0.5, 0.6) is 0 Å². The minimum atomic E-state index is -0.0753. The first-order valence-electron chi connectivity index (χ1n) is 5.47. The number of nitrogens with one attached hydrogen (secondary N) is 1. The first-order chi connectivity index (χ1) is 8.65. The molecule has 1 aromatic heterocycles. The van der Waals surface area contributed by atoms with Crippen molar-refractivity contribution in [2.24, 2.45) is 0 Å². The first kappa shape index (κ1) is 12.9. The molecule has 2 rings (SSSR count). The van der Waals surface area contributed by atoms with Crippen LogP contribution in [-0.2, 0) is 6.54 Å². The molecule has 1 aromatic carbocycles. The Labute approximate surface area is 119 Å². The molecular formula is C12H13IN4O. The van der Waals surface area contributed by atoms with Gasteiger partial charge in [0.05, 0.1) is 18.4 Å². The zero-order valence-electron chi connectivity index (χ0n) is 9.64. The van der Waals surface area contributed by atoms with Crippen LogP contribution in [0.15, 0.2) is 36.7 Å². The van der Waals surface area contributed by atoms with Crippen molar-refractivity contribution in [1.82, 2.24) is 15.1 Å². The van der Waals surface area contributed by atoms with Crippen molar-refractivity contribution >= 4 is 34.2 Å². The molecule has 0 unspecified atom stereocenters. The number of halogens is 1. The van der Waals surface area contributed by atoms with Gasteiger partial charge < -0.3 is 11.1 Å². The molecule has 2 aromatic rings. The molecule has 0 aliphatic carbocycles. The monoisotopic (exact) mass is 356 g/mol. The highest BCUT2D eigenvalue weighted by Crippen LogP contribution is 2.07. The lowest BCUT2D eigenvalue weighted by atomic mass is 10.2. The molecule has 3 N–H and O–H groups in total. The molecule has 5 nitrogen and oxygen atoms in total. The van der Waals surface area contributed by atoms with E-state index < -0.39 is 0 Å². The van der Waals surface area contributed by atoms with Crippen LogP contribution in [0.1, 0.15) is 10.4 Å². The third kappa shape index (κ3) is 3.46. The maximum Gasteiger partial charge on any atom is 0.251 e. The van der Waals surface area contributed by atoms with Crippen LogP contribution in [0.2, 0.25) is 0 Å². The van der Waals surface area contributed by atoms with Gasteiger partial charge in [-0.15, -0.1) is 0 Å². The van der Waals surface area contributed by atoms with E-state index in [-0.39, 0.29) is 5.91 Å². The Morgan fingerprint density at radius 2 is 2.33 bits per heavy atom. The third-order valence-electron chi connectivity index (χ3n) is 2.37. The fraction of sp³-hybridized carbons (Fsp3) is 0.167. The lowest BCUT2D eigenvalue weighted by Crippen LogP contribution is -2.27. The topological polar surface area (TPSA) is 72.9 Å². The van der Waals surface area contributed by atoms with Gasteiger partial charge in [0.1, 0.15) is 0 Å². The van der Waals surface area contributed by atoms with Crippen molar-refractivity contribution in [3.63, 3.8) is 0 Å². The molecule has 0 saturated heterocycles. The number of nitrogens with zero attached hydrogens (tertiary/aromatic N) is 2. The molecule has 1 amide bonds. The van der Waals surface area contributed by atoms with Crippen molar-refractivity contribution < 1.29 is 4.79 Å². The van der Waals surface area contributed by atoms with Gasteiger partial charge in [-0.1, -0.05) is 6.07 Å². The number of nitrogen functional groups attached to an aromatic ring is 1. The average molecular weight is 356 g/mol. The summed E-state index contributed by atoms with van der Waals surface area (Å²) in [6.07, 6.45) is 3.32. The third-order valence-corrected chi connectivity index (χ3v) is 3.04. The quantitative estimate of drug-likeness (QED) is 0.816. The van der Waals surface area contributed by atoms with E-state index in [0.717, 1.165) is 3.57 Å². The van der Waals surface area contributed by atoms with Gasteiger partial charge in [0.15, 0.2) is 0 Å². The van der Waals surface area contributed by atoms with E-state index in [1.54, 1.807) is 23.1 Å². The van der Waals surface area contributed by atoms with E-state index in [0.29, 0.717) is 24.3 Å². The molecular weight excluding hydrogens is 343 g/mol. The second kappa shape index (κ2) is 5.85. The largest absolute Gasteiger partial charge is 0.396 e. The van der Waals surface area contributed by atoms with Crippen molar-refractivity contribution in [3.8, 4) is 0 Å². The number of carbonyl (C=O) groups is 1. The summed E-state index contributed by atoms with van der Waals surface area (Å²) < 4.78 is 2.74. The molecule has 0 atom stereocenters. The van der Waals surface area contributed by atoms with Gasteiger partial charge >= 0.3 is 0 Å². The van der Waals surface area contributed by atoms with Gasteiger partial charge in [-0.05, 0) is 40.8 Å². The fourth-order valence-electron chi connectivity index (χ4n) is 1.52. The molecule has 0 aliphatic rings. The standard InChI is InChI=1S/C12H13IN4O/c13-10-3-1-2-9(6-10)12(18)15-4-5-17-8-11(14)7-16-17/h1-3,6-8H,4-5,14H2,(H,15,18). The normalized spacial score (nSPS) is 10.3. The van der Waals surface area contributed by atoms with Gasteiger partial charge in [-0.3, -0.25) is 9.48 Å². The number of rotatable bonds is 4. The minimum absolute atomic E-state index is 0.0753. The summed E-state index contributed by atoms with van der Waals surface area (Å²) in [4.78, 5) is 11.8. The van der Waals surface area contributed by atoms with Crippen LogP contribution >= 0.6 is 22.6 Å². The summed E-state index contributed by atoms with van der Waals surface area (Å²) >= 11 is 2.18. The predicted molar refractivity (Wildman–Crippen MR) is 78.1 cm³/mol. The summed E-state index contributed by atoms with van der Waals surface area (Å²) in [7, 11) is 0. The fourth-order valence-corrected chi connectivity index (χ4v) is 2.06. The van der Waals surface area contributed by atoms with Crippen LogP contribution in [0.4, 0.5) is 5.69 Å². The number of benzene rings is 1. The van der Waals surface area contributed by atoms with Gasteiger partial charge in [-0.2, -0.15) is 5.10 Å². The van der Waals surface area contributed by atoms with Gasteiger partial charge in [0.2, 0.25) is 0 Å². The Bertz CT molecular complexity index is 553. The Morgan fingerprint density at radius 1 is 1.50 bits per heavy atom. The Hall–Kier alpha value is -1.57. The second-order valence-electron chi connectivity index (χ2n) is 3.80. The highest BCUT2D eigenvalue weighted by Gasteiger charge is 2.04. The molecule has 0 aliphatic heterocycles. The van der Waals surface area contributed by atoms with Crippen molar-refractivity contribution in [1.29, 1.82) is 0 Å². The zero-order chi connectivity index (χ0) is 13.0. The van der Waals surface area contributed by atoms with E-state index >= 15 is 0 Å². The number of aromatic nitrogens is 2. The van der Waals surface area contributed by atoms with Crippen molar-refractivity contribution in [2.45, 2.75) is 6.54 Å². The summed E-state index contributed by atoms with van der Waals surface area (Å²) in [6.45, 7) is 1.12. The van der Waals surface area contributed by atoms with Crippen molar-refractivity contribution in [2.75, 3.05) is 12.3 Å². The maximum absolute atomic E-state index is 11.8. The summed E-state index contributed by atoms with van der Waals surface area (Å²) in [6, 6.07) is 7.46. The van der Waals surface area contributed by atoms with E-state index in [4.69, 9.17) is 5.73 Å². The van der Waals surface area contributed by atoms with E-state index in [9.17, 15) is 4.79 Å². The smallest absolute Gasteiger partial charge is 0.251 e. The summed E-state index contributed by atoms with van der Waals surface area (Å²) in [5.41, 5.74) is 6.84. The van der Waals surface area contributed by atoms with Crippen LogP contribution in [-0.4, -0.2) is 22.2 Å². The van der Waals surface area contributed by atoms with Gasteiger partial charge in [-0.25, -0.2) is 0 Å². The SMILES string of the molecule is Nc1cnn(CCNC(=O)c2cccc(I)c2)c1. The van der Waals surface area contributed by atoms with Crippen LogP contribution in [0, 0.1) is 3.57 Å². The Kier molecular flexibility index (Phi) is 4.19. The molecule has 18 heavy (non-hydrogen) atoms. The summed E-state index contributed by atoms with van der Waals surface area (Å²) in [5, 5.41) is 6.88. The minimum Gasteiger partial charge on any atom is -0.396 e. The number of hydrogen-bond acceptors (Lipinski definition) is 3. The molecule has 0 spiro atoms. The molecule has 0 bridgehead atoms. The molecule has 6 heteroatoms. The van der Waals surface area contributed by atoms with E-state index in [1.807, 2.05) is 18.2 Å². The van der Waals surface area contributed by atoms with Gasteiger partial charge in [0, 0.05) is 21.9 Å². The predicted octanol–water partition coefficient (Wildman–Crippen LogP) is 1.50. The van der Waals surface area contributed by atoms with Gasteiger partial charge in [0.25, 0.3) is 5.91 Å². The van der Waals surface area contributed by atoms with E-state index in [2.05, 4.69) is 33.0 Å². The van der Waals surface area contributed by atoms with Crippen LogP contribution < -0.4 is 11.1 Å². The number of hydrogen-bond donors (Lipinski definition) is 2. The highest BCUT2D eigenvalue weighted by molar-refractivity contribution is 14.1. The number of carbonyl (C=O) groups excluding carboxylic acids is 1. The molecule has 0 saturated carbocycles. The zero-order valence-corrected chi connectivity index (χ0v) is 11.8. The van der Waals surface area contributed by atoms with Crippen LogP contribution in [0.3, 0.4) is 0 Å². The van der Waals surface area contributed by atoms with Crippen molar-refractivity contribution in [3.05, 3.63) is 45.8 Å². The van der Waals surface area contributed by atoms with E-state index in [1.165, 1.54) is 0 Å². The number of nitrogens with two attached hydrogens (primary N) is 1. The highest BCUT2D eigenvalue weighted by atomic mass is 127. The molecule has 94 valence electrons. The number of anilines is 1.